The highest BCUT2D eigenvalue weighted by Crippen LogP contribution is 2.39. The maximum atomic E-state index is 14.2. The molecular formula is C12H14F4O2Si. The van der Waals surface area contributed by atoms with Gasteiger partial charge < -0.3 is 4.43 Å². The van der Waals surface area contributed by atoms with Gasteiger partial charge in [-0.25, -0.2) is 0 Å². The first-order chi connectivity index (χ1) is 8.47. The standard InChI is InChI=1S/C12H14F4O2Si/c1-19(2,3)18-11(13,12(14,15)16)10(17)9-7-5-4-6-8-9/h4-8H,1-3H3. The summed E-state index contributed by atoms with van der Waals surface area (Å²) in [4.78, 5) is 11.8. The summed E-state index contributed by atoms with van der Waals surface area (Å²) >= 11 is 0. The lowest BCUT2D eigenvalue weighted by Gasteiger charge is -2.32. The third-order valence-corrected chi connectivity index (χ3v) is 3.03. The van der Waals surface area contributed by atoms with Crippen LogP contribution in [0.1, 0.15) is 10.4 Å². The second kappa shape index (κ2) is 5.05. The van der Waals surface area contributed by atoms with Crippen LogP contribution >= 0.6 is 0 Å². The highest BCUT2D eigenvalue weighted by molar-refractivity contribution is 6.70. The molecule has 0 aliphatic rings. The topological polar surface area (TPSA) is 26.3 Å². The molecule has 0 heterocycles. The van der Waals surface area contributed by atoms with E-state index in [2.05, 4.69) is 4.43 Å². The Hall–Kier alpha value is -1.21. The van der Waals surface area contributed by atoms with Gasteiger partial charge >= 0.3 is 12.0 Å². The Morgan fingerprint density at radius 2 is 1.53 bits per heavy atom. The third-order valence-electron chi connectivity index (χ3n) is 2.14. The molecule has 0 N–H and O–H groups in total. The first-order valence-electron chi connectivity index (χ1n) is 5.53. The highest BCUT2D eigenvalue weighted by Gasteiger charge is 2.64. The van der Waals surface area contributed by atoms with Crippen LogP contribution in [0, 0.1) is 0 Å². The van der Waals surface area contributed by atoms with Crippen molar-refractivity contribution in [2.24, 2.45) is 0 Å². The molecule has 1 aromatic rings. The van der Waals surface area contributed by atoms with E-state index >= 15 is 0 Å². The number of hydrogen-bond acceptors (Lipinski definition) is 2. The number of benzene rings is 1. The first-order valence-corrected chi connectivity index (χ1v) is 8.94. The van der Waals surface area contributed by atoms with Crippen molar-refractivity contribution in [2.75, 3.05) is 0 Å². The predicted octanol–water partition coefficient (Wildman–Crippen LogP) is 3.95. The smallest absolute Gasteiger partial charge is 0.374 e. The molecule has 0 fully saturated rings. The van der Waals surface area contributed by atoms with Gasteiger partial charge in [0.25, 0.3) is 0 Å². The number of alkyl halides is 4. The molecule has 0 bridgehead atoms. The van der Waals surface area contributed by atoms with E-state index in [9.17, 15) is 22.4 Å². The molecular weight excluding hydrogens is 280 g/mol. The molecule has 0 aliphatic heterocycles. The van der Waals surface area contributed by atoms with E-state index in [1.807, 2.05) is 0 Å². The summed E-state index contributed by atoms with van der Waals surface area (Å²) in [5, 5.41) is 0. The third kappa shape index (κ3) is 3.63. The maximum absolute atomic E-state index is 14.2. The second-order valence-electron chi connectivity index (χ2n) is 5.00. The molecule has 1 unspecified atom stereocenters. The van der Waals surface area contributed by atoms with E-state index in [1.54, 1.807) is 0 Å². The summed E-state index contributed by atoms with van der Waals surface area (Å²) in [6.45, 7) is 4.14. The van der Waals surface area contributed by atoms with Crippen molar-refractivity contribution in [3.05, 3.63) is 35.9 Å². The Labute approximate surface area is 109 Å². The van der Waals surface area contributed by atoms with E-state index < -0.39 is 26.1 Å². The van der Waals surface area contributed by atoms with Crippen molar-refractivity contribution in [1.29, 1.82) is 0 Å². The number of carbonyl (C=O) groups is 1. The van der Waals surface area contributed by atoms with Gasteiger partial charge in [0, 0.05) is 5.56 Å². The summed E-state index contributed by atoms with van der Waals surface area (Å²) in [7, 11) is -2.91. The summed E-state index contributed by atoms with van der Waals surface area (Å²) in [5.41, 5.74) is -0.374. The van der Waals surface area contributed by atoms with Crippen LogP contribution in [0.4, 0.5) is 17.6 Å². The van der Waals surface area contributed by atoms with E-state index in [4.69, 9.17) is 0 Å². The normalized spacial score (nSPS) is 15.9. The van der Waals surface area contributed by atoms with Crippen LogP contribution in [0.2, 0.25) is 19.6 Å². The lowest BCUT2D eigenvalue weighted by molar-refractivity contribution is -0.278. The molecule has 0 amide bonds. The van der Waals surface area contributed by atoms with Crippen LogP contribution in [0.5, 0.6) is 0 Å². The fourth-order valence-electron chi connectivity index (χ4n) is 1.43. The molecule has 106 valence electrons. The fourth-order valence-corrected chi connectivity index (χ4v) is 2.48. The molecule has 0 saturated carbocycles. The lowest BCUT2D eigenvalue weighted by atomic mass is 10.0. The number of carbonyl (C=O) groups excluding carboxylic acids is 1. The van der Waals surface area contributed by atoms with Crippen LogP contribution < -0.4 is 0 Å². The van der Waals surface area contributed by atoms with Crippen molar-refractivity contribution >= 4 is 14.1 Å². The van der Waals surface area contributed by atoms with E-state index in [-0.39, 0.29) is 5.56 Å². The van der Waals surface area contributed by atoms with Crippen molar-refractivity contribution in [1.82, 2.24) is 0 Å². The Kier molecular flexibility index (Phi) is 4.21. The van der Waals surface area contributed by atoms with Crippen molar-refractivity contribution in [3.63, 3.8) is 0 Å². The van der Waals surface area contributed by atoms with Crippen LogP contribution in [0.25, 0.3) is 0 Å². The van der Waals surface area contributed by atoms with Gasteiger partial charge in [-0.3, -0.25) is 4.79 Å². The molecule has 0 radical (unpaired) electrons. The summed E-state index contributed by atoms with van der Waals surface area (Å²) in [5.74, 6) is -6.01. The Bertz CT molecular complexity index is 453. The van der Waals surface area contributed by atoms with Gasteiger partial charge in [-0.15, -0.1) is 0 Å². The van der Waals surface area contributed by atoms with Crippen molar-refractivity contribution in [2.45, 2.75) is 31.7 Å². The zero-order chi connectivity index (χ0) is 14.9. The number of hydrogen-bond donors (Lipinski definition) is 0. The second-order valence-corrected chi connectivity index (χ2v) is 9.43. The first kappa shape index (κ1) is 15.8. The number of Topliss-reactive ketones (excluding diaryl/α,β-unsaturated/α-hetero) is 1. The predicted molar refractivity (Wildman–Crippen MR) is 65.1 cm³/mol. The van der Waals surface area contributed by atoms with Gasteiger partial charge in [-0.2, -0.15) is 17.6 Å². The number of ketones is 1. The Morgan fingerprint density at radius 1 is 1.05 bits per heavy atom. The molecule has 7 heteroatoms. The van der Waals surface area contributed by atoms with Crippen molar-refractivity contribution < 1.29 is 26.8 Å². The molecule has 0 spiro atoms. The minimum Gasteiger partial charge on any atom is -0.374 e. The molecule has 0 aliphatic carbocycles. The molecule has 0 saturated heterocycles. The van der Waals surface area contributed by atoms with Gasteiger partial charge in [0.1, 0.15) is 0 Å². The fraction of sp³-hybridized carbons (Fsp3) is 0.417. The quantitative estimate of drug-likeness (QED) is 0.477. The van der Waals surface area contributed by atoms with Crippen molar-refractivity contribution in [3.8, 4) is 0 Å². The Balaban J connectivity index is 3.23. The largest absolute Gasteiger partial charge is 0.455 e. The van der Waals surface area contributed by atoms with Gasteiger partial charge in [0.05, 0.1) is 0 Å². The molecule has 2 nitrogen and oxygen atoms in total. The van der Waals surface area contributed by atoms with E-state index in [1.165, 1.54) is 37.8 Å². The molecule has 1 atom stereocenters. The van der Waals surface area contributed by atoms with E-state index in [0.717, 1.165) is 12.1 Å². The van der Waals surface area contributed by atoms with Gasteiger partial charge in [-0.05, 0) is 19.6 Å². The maximum Gasteiger partial charge on any atom is 0.455 e. The van der Waals surface area contributed by atoms with Gasteiger partial charge in [0.2, 0.25) is 5.78 Å². The summed E-state index contributed by atoms with van der Waals surface area (Å²) in [6.07, 6.45) is -5.42. The minimum absolute atomic E-state index is 0.374. The zero-order valence-corrected chi connectivity index (χ0v) is 11.7. The van der Waals surface area contributed by atoms with Crippen LogP contribution in [-0.4, -0.2) is 26.1 Å². The number of halogens is 4. The van der Waals surface area contributed by atoms with E-state index in [0.29, 0.717) is 0 Å². The summed E-state index contributed by atoms with van der Waals surface area (Å²) in [6, 6.07) is 6.48. The Morgan fingerprint density at radius 3 is 1.89 bits per heavy atom. The molecule has 1 aromatic carbocycles. The minimum atomic E-state index is -5.42. The van der Waals surface area contributed by atoms with Crippen LogP contribution in [0.15, 0.2) is 30.3 Å². The van der Waals surface area contributed by atoms with Crippen LogP contribution in [0.3, 0.4) is 0 Å². The SMILES string of the molecule is C[Si](C)(C)OC(F)(C(=O)c1ccccc1)C(F)(F)F. The molecule has 1 rings (SSSR count). The zero-order valence-electron chi connectivity index (χ0n) is 10.7. The lowest BCUT2D eigenvalue weighted by Crippen LogP contribution is -2.55. The summed E-state index contributed by atoms with van der Waals surface area (Å²) < 4.78 is 57.3. The molecule has 0 aromatic heterocycles. The number of rotatable bonds is 4. The molecule has 19 heavy (non-hydrogen) atoms. The van der Waals surface area contributed by atoms with Gasteiger partial charge in [0.15, 0.2) is 8.32 Å². The average molecular weight is 294 g/mol. The average Bonchev–Trinajstić information content (AvgIpc) is 2.25. The van der Waals surface area contributed by atoms with Gasteiger partial charge in [-0.1, -0.05) is 30.3 Å². The highest BCUT2D eigenvalue weighted by atomic mass is 28.4. The monoisotopic (exact) mass is 294 g/mol. The van der Waals surface area contributed by atoms with Crippen LogP contribution in [-0.2, 0) is 4.43 Å².